The Labute approximate surface area is 119 Å². The van der Waals surface area contributed by atoms with Crippen molar-refractivity contribution in [2.24, 2.45) is 7.05 Å². The Bertz CT molecular complexity index is 777. The molecule has 3 nitrogen and oxygen atoms in total. The van der Waals surface area contributed by atoms with E-state index in [2.05, 4.69) is 21.0 Å². The SMILES string of the molecule is Cn1cc(C(=O)c2ccc3cc(Br)ccc3c2)cn1. The van der Waals surface area contributed by atoms with Gasteiger partial charge in [0.2, 0.25) is 0 Å². The van der Waals surface area contributed by atoms with Crippen LogP contribution < -0.4 is 0 Å². The van der Waals surface area contributed by atoms with Crippen molar-refractivity contribution < 1.29 is 4.79 Å². The number of ketones is 1. The van der Waals surface area contributed by atoms with Crippen LogP contribution in [-0.2, 0) is 7.05 Å². The van der Waals surface area contributed by atoms with Gasteiger partial charge in [-0.1, -0.05) is 34.1 Å². The molecule has 0 unspecified atom stereocenters. The third-order valence-corrected chi connectivity index (χ3v) is 3.52. The van der Waals surface area contributed by atoms with Gasteiger partial charge in [-0.25, -0.2) is 0 Å². The van der Waals surface area contributed by atoms with Gasteiger partial charge < -0.3 is 0 Å². The number of hydrogen-bond acceptors (Lipinski definition) is 2. The van der Waals surface area contributed by atoms with Gasteiger partial charge in [-0.2, -0.15) is 5.10 Å². The van der Waals surface area contributed by atoms with Crippen molar-refractivity contribution in [3.63, 3.8) is 0 Å². The molecule has 0 fully saturated rings. The van der Waals surface area contributed by atoms with Gasteiger partial charge >= 0.3 is 0 Å². The summed E-state index contributed by atoms with van der Waals surface area (Å²) in [5.41, 5.74) is 1.29. The number of hydrogen-bond donors (Lipinski definition) is 0. The Morgan fingerprint density at radius 3 is 2.58 bits per heavy atom. The summed E-state index contributed by atoms with van der Waals surface area (Å²) in [4.78, 5) is 12.3. The van der Waals surface area contributed by atoms with Crippen molar-refractivity contribution in [1.29, 1.82) is 0 Å². The maximum atomic E-state index is 12.3. The van der Waals surface area contributed by atoms with Gasteiger partial charge in [-0.15, -0.1) is 0 Å². The van der Waals surface area contributed by atoms with E-state index >= 15 is 0 Å². The number of aromatic nitrogens is 2. The number of nitrogens with zero attached hydrogens (tertiary/aromatic N) is 2. The lowest BCUT2D eigenvalue weighted by atomic mass is 10.0. The second-order valence-electron chi connectivity index (χ2n) is 4.44. The lowest BCUT2D eigenvalue weighted by Gasteiger charge is -2.02. The van der Waals surface area contributed by atoms with E-state index in [0.29, 0.717) is 11.1 Å². The molecule has 0 aliphatic rings. The van der Waals surface area contributed by atoms with Gasteiger partial charge in [-0.05, 0) is 29.0 Å². The van der Waals surface area contributed by atoms with Crippen LogP contribution in [0, 0.1) is 0 Å². The van der Waals surface area contributed by atoms with Crippen molar-refractivity contribution in [2.45, 2.75) is 0 Å². The van der Waals surface area contributed by atoms with Crippen molar-refractivity contribution >= 4 is 32.5 Å². The van der Waals surface area contributed by atoms with E-state index in [9.17, 15) is 4.79 Å². The van der Waals surface area contributed by atoms with E-state index in [1.807, 2.05) is 36.4 Å². The summed E-state index contributed by atoms with van der Waals surface area (Å²) in [6.45, 7) is 0. The third kappa shape index (κ3) is 2.31. The maximum absolute atomic E-state index is 12.3. The summed E-state index contributed by atoms with van der Waals surface area (Å²) in [5.74, 6) is -0.00193. The molecule has 94 valence electrons. The highest BCUT2D eigenvalue weighted by molar-refractivity contribution is 9.10. The molecular formula is C15H11BrN2O. The number of carbonyl (C=O) groups is 1. The fourth-order valence-corrected chi connectivity index (χ4v) is 2.44. The number of rotatable bonds is 2. The highest BCUT2D eigenvalue weighted by atomic mass is 79.9. The molecule has 2 aromatic carbocycles. The Morgan fingerprint density at radius 2 is 1.84 bits per heavy atom. The molecule has 3 aromatic rings. The molecule has 0 spiro atoms. The highest BCUT2D eigenvalue weighted by Crippen LogP contribution is 2.22. The van der Waals surface area contributed by atoms with Crippen LogP contribution in [0.1, 0.15) is 15.9 Å². The Hall–Kier alpha value is -1.94. The second-order valence-corrected chi connectivity index (χ2v) is 5.35. The molecule has 1 heterocycles. The Kier molecular flexibility index (Phi) is 2.95. The molecule has 0 bridgehead atoms. The van der Waals surface area contributed by atoms with Crippen molar-refractivity contribution in [1.82, 2.24) is 9.78 Å². The maximum Gasteiger partial charge on any atom is 0.196 e. The van der Waals surface area contributed by atoms with Crippen LogP contribution in [0.15, 0.2) is 53.3 Å². The minimum Gasteiger partial charge on any atom is -0.288 e. The second kappa shape index (κ2) is 4.63. The first-order valence-corrected chi connectivity index (χ1v) is 6.65. The van der Waals surface area contributed by atoms with Crippen molar-refractivity contribution in [3.05, 3.63) is 64.4 Å². The number of fused-ring (bicyclic) bond motifs is 1. The molecule has 0 atom stereocenters. The van der Waals surface area contributed by atoms with Gasteiger partial charge in [0.25, 0.3) is 0 Å². The van der Waals surface area contributed by atoms with E-state index < -0.39 is 0 Å². The van der Waals surface area contributed by atoms with Crippen LogP contribution in [-0.4, -0.2) is 15.6 Å². The molecule has 0 radical (unpaired) electrons. The van der Waals surface area contributed by atoms with Crippen LogP contribution in [0.2, 0.25) is 0 Å². The summed E-state index contributed by atoms with van der Waals surface area (Å²) in [5, 5.41) is 6.19. The van der Waals surface area contributed by atoms with Crippen molar-refractivity contribution in [2.75, 3.05) is 0 Å². The zero-order chi connectivity index (χ0) is 13.4. The summed E-state index contributed by atoms with van der Waals surface area (Å²) in [6, 6.07) is 11.7. The molecule has 0 aliphatic heterocycles. The van der Waals surface area contributed by atoms with E-state index in [4.69, 9.17) is 0 Å². The van der Waals surface area contributed by atoms with Crippen molar-refractivity contribution in [3.8, 4) is 0 Å². The monoisotopic (exact) mass is 314 g/mol. The van der Waals surface area contributed by atoms with Gasteiger partial charge in [0, 0.05) is 23.3 Å². The van der Waals surface area contributed by atoms with E-state index in [-0.39, 0.29) is 5.78 Å². The predicted octanol–water partition coefficient (Wildman–Crippen LogP) is 3.57. The fraction of sp³-hybridized carbons (Fsp3) is 0.0667. The summed E-state index contributed by atoms with van der Waals surface area (Å²) in [7, 11) is 1.80. The van der Waals surface area contributed by atoms with Crippen LogP contribution in [0.4, 0.5) is 0 Å². The molecular weight excluding hydrogens is 304 g/mol. The molecule has 4 heteroatoms. The Morgan fingerprint density at radius 1 is 1.11 bits per heavy atom. The number of carbonyl (C=O) groups excluding carboxylic acids is 1. The lowest BCUT2D eigenvalue weighted by Crippen LogP contribution is -1.99. The summed E-state index contributed by atoms with van der Waals surface area (Å²) >= 11 is 3.44. The fourth-order valence-electron chi connectivity index (χ4n) is 2.06. The summed E-state index contributed by atoms with van der Waals surface area (Å²) < 4.78 is 2.66. The van der Waals surface area contributed by atoms with Gasteiger partial charge in [-0.3, -0.25) is 9.48 Å². The van der Waals surface area contributed by atoms with E-state index in [1.165, 1.54) is 0 Å². The third-order valence-electron chi connectivity index (χ3n) is 3.03. The zero-order valence-electron chi connectivity index (χ0n) is 10.3. The standard InChI is InChI=1S/C15H11BrN2O/c1-18-9-13(8-17-18)15(19)12-3-2-11-7-14(16)5-4-10(11)6-12/h2-9H,1H3. The molecule has 1 aromatic heterocycles. The first kappa shape index (κ1) is 12.1. The number of benzene rings is 2. The first-order chi connectivity index (χ1) is 9.13. The normalized spacial score (nSPS) is 10.8. The van der Waals surface area contributed by atoms with Crippen LogP contribution in [0.3, 0.4) is 0 Å². The highest BCUT2D eigenvalue weighted by Gasteiger charge is 2.11. The van der Waals surface area contributed by atoms with Crippen LogP contribution in [0.25, 0.3) is 10.8 Å². The van der Waals surface area contributed by atoms with Gasteiger partial charge in [0.05, 0.1) is 11.8 Å². The van der Waals surface area contributed by atoms with E-state index in [0.717, 1.165) is 15.2 Å². The van der Waals surface area contributed by atoms with Gasteiger partial charge in [0.15, 0.2) is 5.78 Å². The molecule has 3 rings (SSSR count). The molecule has 0 aliphatic carbocycles. The molecule has 0 N–H and O–H groups in total. The average Bonchev–Trinajstić information content (AvgIpc) is 2.84. The minimum atomic E-state index is -0.00193. The number of aryl methyl sites for hydroxylation is 1. The average molecular weight is 315 g/mol. The lowest BCUT2D eigenvalue weighted by molar-refractivity contribution is 0.103. The molecule has 0 amide bonds. The van der Waals surface area contributed by atoms with E-state index in [1.54, 1.807) is 24.1 Å². The molecule has 19 heavy (non-hydrogen) atoms. The van der Waals surface area contributed by atoms with Crippen LogP contribution in [0.5, 0.6) is 0 Å². The number of halogens is 1. The summed E-state index contributed by atoms with van der Waals surface area (Å²) in [6.07, 6.45) is 3.32. The van der Waals surface area contributed by atoms with Gasteiger partial charge in [0.1, 0.15) is 0 Å². The quantitative estimate of drug-likeness (QED) is 0.678. The molecule has 0 saturated carbocycles. The smallest absolute Gasteiger partial charge is 0.196 e. The molecule has 0 saturated heterocycles. The Balaban J connectivity index is 2.06. The predicted molar refractivity (Wildman–Crippen MR) is 78.3 cm³/mol. The zero-order valence-corrected chi connectivity index (χ0v) is 11.9. The van der Waals surface area contributed by atoms with Crippen LogP contribution >= 0.6 is 15.9 Å². The first-order valence-electron chi connectivity index (χ1n) is 5.86. The largest absolute Gasteiger partial charge is 0.288 e. The topological polar surface area (TPSA) is 34.9 Å². The minimum absolute atomic E-state index is 0.00193.